The van der Waals surface area contributed by atoms with Crippen molar-refractivity contribution in [3.05, 3.63) is 174 Å². The van der Waals surface area contributed by atoms with Crippen molar-refractivity contribution in [3.63, 3.8) is 0 Å². The molecule has 0 heterocycles. The van der Waals surface area contributed by atoms with E-state index in [1.54, 1.807) is 7.11 Å². The highest BCUT2D eigenvalue weighted by molar-refractivity contribution is 6.74. The summed E-state index contributed by atoms with van der Waals surface area (Å²) in [7, 11) is -0.0828. The van der Waals surface area contributed by atoms with E-state index in [4.69, 9.17) is 18.6 Å². The van der Waals surface area contributed by atoms with Crippen molar-refractivity contribution >= 4 is 8.32 Å². The molecule has 4 nitrogen and oxygen atoms in total. The lowest BCUT2D eigenvalue weighted by molar-refractivity contribution is 0.0157. The lowest BCUT2D eigenvalue weighted by atomic mass is 9.80. The second-order valence-corrected chi connectivity index (χ2v) is 19.4. The zero-order valence-corrected chi connectivity index (χ0v) is 32.8. The Bertz CT molecular complexity index is 1540. The molecule has 0 spiro atoms. The third-order valence-electron chi connectivity index (χ3n) is 9.88. The van der Waals surface area contributed by atoms with Gasteiger partial charge in [0.25, 0.3) is 0 Å². The maximum absolute atomic E-state index is 6.94. The van der Waals surface area contributed by atoms with Crippen LogP contribution >= 0.6 is 0 Å². The van der Waals surface area contributed by atoms with Crippen LogP contribution in [0, 0.1) is 5.92 Å². The first-order valence-corrected chi connectivity index (χ1v) is 21.1. The van der Waals surface area contributed by atoms with Crippen molar-refractivity contribution in [2.45, 2.75) is 77.0 Å². The van der Waals surface area contributed by atoms with Gasteiger partial charge in [0.1, 0.15) is 11.4 Å². The molecule has 0 N–H and O–H groups in total. The number of hydrogen-bond donors (Lipinski definition) is 0. The molecule has 0 saturated carbocycles. The molecule has 270 valence electrons. The molecule has 4 aromatic rings. The van der Waals surface area contributed by atoms with Crippen LogP contribution in [0.4, 0.5) is 0 Å². The average molecular weight is 703 g/mol. The van der Waals surface area contributed by atoms with Crippen molar-refractivity contribution < 1.29 is 18.6 Å². The molecule has 4 aromatic carbocycles. The van der Waals surface area contributed by atoms with Crippen LogP contribution in [0.5, 0.6) is 5.75 Å². The summed E-state index contributed by atoms with van der Waals surface area (Å²) >= 11 is 0. The molecule has 0 radical (unpaired) electrons. The largest absolute Gasteiger partial charge is 0.497 e. The molecule has 2 atom stereocenters. The molecule has 0 aliphatic heterocycles. The van der Waals surface area contributed by atoms with Crippen LogP contribution in [0.2, 0.25) is 18.1 Å². The van der Waals surface area contributed by atoms with Crippen LogP contribution in [-0.4, -0.2) is 34.7 Å². The van der Waals surface area contributed by atoms with Gasteiger partial charge < -0.3 is 18.6 Å². The van der Waals surface area contributed by atoms with Gasteiger partial charge in [0.15, 0.2) is 8.32 Å². The van der Waals surface area contributed by atoms with Gasteiger partial charge in [-0.05, 0) is 71.3 Å². The molecule has 0 unspecified atom stereocenters. The van der Waals surface area contributed by atoms with Gasteiger partial charge in [-0.15, -0.1) is 0 Å². The summed E-state index contributed by atoms with van der Waals surface area (Å²) in [5, 5.41) is 0.202. The highest BCUT2D eigenvalue weighted by Crippen LogP contribution is 2.40. The first-order chi connectivity index (χ1) is 24.6. The van der Waals surface area contributed by atoms with Gasteiger partial charge in [0.2, 0.25) is 0 Å². The summed E-state index contributed by atoms with van der Waals surface area (Å²) < 4.78 is 25.1. The molecule has 0 bridgehead atoms. The molecule has 5 heteroatoms. The molecule has 0 amide bonds. The van der Waals surface area contributed by atoms with Crippen LogP contribution in [0.3, 0.4) is 0 Å². The van der Waals surface area contributed by atoms with Gasteiger partial charge in [0, 0.05) is 0 Å². The standard InChI is InChI=1S/C46H58O4Si/c1-38(23-20-22-36-50-51(6,7)45(2,3)4)44(48-37-39-31-33-43(47-5)34-32-39)30-19-8-9-21-35-49-46(40-24-13-10-14-25-40,41-26-15-11-16-27-41)42-28-17-12-18-29-42/h8-20,22,24-34,38,44H,21,23,35-37H2,1-7H3/b9-8+,22-20+,30-19-/t38-,44-/m1/s1. The first kappa shape index (κ1) is 39.8. The SMILES string of the molecule is COc1ccc(CO[C@H](/C=C\C=C\CCOC(c2ccccc2)(c2ccccc2)c2ccccc2)[C@H](C)C/C=C/CO[Si](C)(C)C(C)(C)C)cc1. The summed E-state index contributed by atoms with van der Waals surface area (Å²) in [5.41, 5.74) is 3.73. The normalized spacial score (nSPS) is 14.0. The van der Waals surface area contributed by atoms with Crippen molar-refractivity contribution in [1.82, 2.24) is 0 Å². The fraction of sp³-hybridized carbons (Fsp3) is 0.348. The van der Waals surface area contributed by atoms with Gasteiger partial charge in [-0.2, -0.15) is 0 Å². The van der Waals surface area contributed by atoms with Crippen molar-refractivity contribution in [2.75, 3.05) is 20.3 Å². The quantitative estimate of drug-likeness (QED) is 0.0320. The molecule has 0 saturated heterocycles. The van der Waals surface area contributed by atoms with E-state index in [1.807, 2.05) is 12.1 Å². The Hall–Kier alpha value is -4.00. The molecule has 4 rings (SSSR count). The van der Waals surface area contributed by atoms with Crippen LogP contribution < -0.4 is 4.74 Å². The van der Waals surface area contributed by atoms with Gasteiger partial charge >= 0.3 is 0 Å². The molecule has 0 aliphatic rings. The van der Waals surface area contributed by atoms with Crippen LogP contribution in [-0.2, 0) is 26.1 Å². The van der Waals surface area contributed by atoms with Gasteiger partial charge in [0.05, 0.1) is 33.0 Å². The monoisotopic (exact) mass is 702 g/mol. The van der Waals surface area contributed by atoms with Crippen molar-refractivity contribution in [3.8, 4) is 5.75 Å². The minimum absolute atomic E-state index is 0.0548. The number of rotatable bonds is 19. The van der Waals surface area contributed by atoms with Gasteiger partial charge in [-0.25, -0.2) is 0 Å². The number of methoxy groups -OCH3 is 1. The Morgan fingerprint density at radius 3 is 1.75 bits per heavy atom. The Kier molecular flexibility index (Phi) is 15.3. The zero-order chi connectivity index (χ0) is 36.6. The molecular weight excluding hydrogens is 645 g/mol. The smallest absolute Gasteiger partial charge is 0.192 e. The Morgan fingerprint density at radius 1 is 0.686 bits per heavy atom. The summed E-state index contributed by atoms with van der Waals surface area (Å²) in [6.45, 7) is 15.4. The summed E-state index contributed by atoms with van der Waals surface area (Å²) in [5.74, 6) is 1.12. The summed E-state index contributed by atoms with van der Waals surface area (Å²) in [6, 6.07) is 39.6. The van der Waals surface area contributed by atoms with Crippen LogP contribution in [0.1, 0.15) is 62.8 Å². The van der Waals surface area contributed by atoms with E-state index in [2.05, 4.69) is 180 Å². The zero-order valence-electron chi connectivity index (χ0n) is 31.8. The first-order valence-electron chi connectivity index (χ1n) is 18.2. The Balaban J connectivity index is 1.42. The Morgan fingerprint density at radius 2 is 1.24 bits per heavy atom. The highest BCUT2D eigenvalue weighted by Gasteiger charge is 2.38. The minimum atomic E-state index is -1.77. The summed E-state index contributed by atoms with van der Waals surface area (Å²) in [4.78, 5) is 0. The molecular formula is C46H58O4Si. The van der Waals surface area contributed by atoms with Crippen LogP contribution in [0.25, 0.3) is 0 Å². The third kappa shape index (κ3) is 11.5. The molecule has 51 heavy (non-hydrogen) atoms. The highest BCUT2D eigenvalue weighted by atomic mass is 28.4. The number of allylic oxidation sites excluding steroid dienone is 3. The fourth-order valence-electron chi connectivity index (χ4n) is 5.71. The van der Waals surface area contributed by atoms with Gasteiger partial charge in [-0.3, -0.25) is 0 Å². The summed E-state index contributed by atoms with van der Waals surface area (Å²) in [6.07, 6.45) is 14.6. The fourth-order valence-corrected chi connectivity index (χ4v) is 6.65. The van der Waals surface area contributed by atoms with E-state index in [0.717, 1.165) is 40.8 Å². The topological polar surface area (TPSA) is 36.9 Å². The number of hydrogen-bond acceptors (Lipinski definition) is 4. The average Bonchev–Trinajstić information content (AvgIpc) is 3.14. The van der Waals surface area contributed by atoms with E-state index >= 15 is 0 Å². The predicted molar refractivity (Wildman–Crippen MR) is 216 cm³/mol. The molecule has 0 aliphatic carbocycles. The second-order valence-electron chi connectivity index (χ2n) is 14.6. The van der Waals surface area contributed by atoms with E-state index in [-0.39, 0.29) is 17.1 Å². The van der Waals surface area contributed by atoms with E-state index in [9.17, 15) is 0 Å². The maximum Gasteiger partial charge on any atom is 0.192 e. The van der Waals surface area contributed by atoms with Crippen molar-refractivity contribution in [1.29, 1.82) is 0 Å². The van der Waals surface area contributed by atoms with Crippen molar-refractivity contribution in [2.24, 2.45) is 5.92 Å². The molecule has 0 fully saturated rings. The Labute approximate surface area is 309 Å². The molecule has 0 aromatic heterocycles. The third-order valence-corrected chi connectivity index (χ3v) is 14.4. The minimum Gasteiger partial charge on any atom is -0.497 e. The van der Waals surface area contributed by atoms with E-state index < -0.39 is 13.9 Å². The predicted octanol–water partition coefficient (Wildman–Crippen LogP) is 11.7. The van der Waals surface area contributed by atoms with Gasteiger partial charge in [-0.1, -0.05) is 167 Å². The second kappa shape index (κ2) is 19.6. The maximum atomic E-state index is 6.94. The van der Waals surface area contributed by atoms with Crippen LogP contribution in [0.15, 0.2) is 152 Å². The van der Waals surface area contributed by atoms with E-state index in [0.29, 0.717) is 19.8 Å². The number of ether oxygens (including phenoxy) is 3. The lowest BCUT2D eigenvalue weighted by Crippen LogP contribution is -2.40. The van der Waals surface area contributed by atoms with E-state index in [1.165, 1.54) is 0 Å². The number of benzene rings is 4. The lowest BCUT2D eigenvalue weighted by Gasteiger charge is -2.36.